The van der Waals surface area contributed by atoms with Gasteiger partial charge >= 0.3 is 0 Å². The van der Waals surface area contributed by atoms with Gasteiger partial charge in [0, 0.05) is 25.9 Å². The molecule has 5 heteroatoms. The number of pyridine rings is 1. The Balaban J connectivity index is 2.69. The molecule has 0 spiro atoms. The van der Waals surface area contributed by atoms with Crippen molar-refractivity contribution in [2.45, 2.75) is 0 Å². The van der Waals surface area contributed by atoms with E-state index in [0.717, 1.165) is 6.29 Å². The molecule has 0 aliphatic rings. The first-order valence-electron chi connectivity index (χ1n) is 4.50. The number of hydrogen-bond donors (Lipinski definition) is 1. The van der Waals surface area contributed by atoms with E-state index in [0.29, 0.717) is 11.4 Å². The van der Waals surface area contributed by atoms with E-state index < -0.39 is 0 Å². The Morgan fingerprint density at radius 1 is 1.60 bits per heavy atom. The van der Waals surface area contributed by atoms with Gasteiger partial charge in [-0.15, -0.1) is 0 Å². The number of hydrogen-bond acceptors (Lipinski definition) is 4. The second-order valence-corrected chi connectivity index (χ2v) is 3.10. The fraction of sp³-hybridized carbons (Fsp3) is 0.300. The van der Waals surface area contributed by atoms with Crippen LogP contribution in [-0.4, -0.2) is 37.8 Å². The summed E-state index contributed by atoms with van der Waals surface area (Å²) in [6.07, 6.45) is 2.21. The molecule has 0 saturated carbocycles. The average Bonchev–Trinajstić information content (AvgIpc) is 2.29. The summed E-state index contributed by atoms with van der Waals surface area (Å²) in [5, 5.41) is 2.52. The molecular formula is C10H13N3O2. The number of nitrogens with one attached hydrogen (secondary N) is 1. The number of aldehydes is 1. The van der Waals surface area contributed by atoms with E-state index in [1.54, 1.807) is 31.1 Å². The molecule has 1 aromatic heterocycles. The van der Waals surface area contributed by atoms with Crippen LogP contribution in [0.15, 0.2) is 18.3 Å². The van der Waals surface area contributed by atoms with Gasteiger partial charge in [-0.05, 0) is 12.1 Å². The van der Waals surface area contributed by atoms with Crippen molar-refractivity contribution in [3.05, 3.63) is 23.9 Å². The minimum Gasteiger partial charge on any atom is -0.358 e. The van der Waals surface area contributed by atoms with Crippen LogP contribution in [0.4, 0.5) is 5.82 Å². The number of carbonyl (C=O) groups is 2. The van der Waals surface area contributed by atoms with E-state index >= 15 is 0 Å². The predicted molar refractivity (Wildman–Crippen MR) is 57.0 cm³/mol. The highest BCUT2D eigenvalue weighted by Gasteiger charge is 2.06. The number of rotatable bonds is 4. The van der Waals surface area contributed by atoms with Crippen molar-refractivity contribution in [2.75, 3.05) is 25.5 Å². The molecule has 0 aliphatic heterocycles. The lowest BCUT2D eigenvalue weighted by molar-refractivity contribution is -0.119. The Morgan fingerprint density at radius 3 is 2.80 bits per heavy atom. The Kier molecular flexibility index (Phi) is 3.79. The van der Waals surface area contributed by atoms with Gasteiger partial charge in [-0.3, -0.25) is 9.59 Å². The number of amides is 1. The Hall–Kier alpha value is -1.91. The molecule has 5 nitrogen and oxygen atoms in total. The van der Waals surface area contributed by atoms with E-state index in [1.165, 1.54) is 6.20 Å². The summed E-state index contributed by atoms with van der Waals surface area (Å²) in [5.74, 6) is 0.572. The first-order chi connectivity index (χ1) is 7.17. The second kappa shape index (κ2) is 5.09. The fourth-order valence-corrected chi connectivity index (χ4v) is 1.07. The molecule has 0 radical (unpaired) electrons. The molecule has 1 N–H and O–H groups in total. The van der Waals surface area contributed by atoms with Crippen molar-refractivity contribution in [3.8, 4) is 0 Å². The quantitative estimate of drug-likeness (QED) is 0.710. The van der Waals surface area contributed by atoms with E-state index in [2.05, 4.69) is 10.3 Å². The largest absolute Gasteiger partial charge is 0.358 e. The fourth-order valence-electron chi connectivity index (χ4n) is 1.07. The maximum atomic E-state index is 11.1. The van der Waals surface area contributed by atoms with Crippen molar-refractivity contribution in [2.24, 2.45) is 0 Å². The van der Waals surface area contributed by atoms with Crippen molar-refractivity contribution >= 4 is 18.0 Å². The smallest absolute Gasteiger partial charge is 0.239 e. The normalized spacial score (nSPS) is 9.47. The molecule has 0 aliphatic carbocycles. The summed E-state index contributed by atoms with van der Waals surface area (Å²) >= 11 is 0. The van der Waals surface area contributed by atoms with Crippen LogP contribution in [0.25, 0.3) is 0 Å². The maximum Gasteiger partial charge on any atom is 0.239 e. The van der Waals surface area contributed by atoms with Crippen LogP contribution in [-0.2, 0) is 4.79 Å². The molecule has 0 fully saturated rings. The zero-order valence-corrected chi connectivity index (χ0v) is 8.73. The van der Waals surface area contributed by atoms with Gasteiger partial charge in [-0.1, -0.05) is 0 Å². The lowest BCUT2D eigenvalue weighted by atomic mass is 10.3. The second-order valence-electron chi connectivity index (χ2n) is 3.10. The summed E-state index contributed by atoms with van der Waals surface area (Å²) < 4.78 is 0. The van der Waals surface area contributed by atoms with Crippen molar-refractivity contribution in [1.29, 1.82) is 0 Å². The third-order valence-corrected chi connectivity index (χ3v) is 1.96. The molecule has 0 bridgehead atoms. The van der Waals surface area contributed by atoms with Crippen molar-refractivity contribution in [1.82, 2.24) is 10.3 Å². The molecule has 80 valence electrons. The predicted octanol–water partition coefficient (Wildman–Crippen LogP) is 0.0763. The Bertz CT molecular complexity index is 348. The minimum atomic E-state index is -0.0845. The lowest BCUT2D eigenvalue weighted by Crippen LogP contribution is -2.33. The van der Waals surface area contributed by atoms with Gasteiger partial charge in [0.25, 0.3) is 0 Å². The monoisotopic (exact) mass is 207 g/mol. The van der Waals surface area contributed by atoms with Crippen LogP contribution >= 0.6 is 0 Å². The minimum absolute atomic E-state index is 0.0845. The van der Waals surface area contributed by atoms with Crippen molar-refractivity contribution < 1.29 is 9.59 Å². The third-order valence-electron chi connectivity index (χ3n) is 1.96. The van der Waals surface area contributed by atoms with Crippen LogP contribution in [0.1, 0.15) is 10.4 Å². The SMILES string of the molecule is CNC(=O)CN(C)c1ccc(C=O)cn1. The molecule has 15 heavy (non-hydrogen) atoms. The summed E-state index contributed by atoms with van der Waals surface area (Å²) in [6, 6.07) is 3.36. The van der Waals surface area contributed by atoms with Crippen LogP contribution < -0.4 is 10.2 Å². The highest BCUT2D eigenvalue weighted by molar-refractivity contribution is 5.80. The van der Waals surface area contributed by atoms with Crippen LogP contribution in [0.3, 0.4) is 0 Å². The first-order valence-corrected chi connectivity index (χ1v) is 4.50. The molecule has 1 aromatic rings. The topological polar surface area (TPSA) is 62.3 Å². The molecular weight excluding hydrogens is 194 g/mol. The number of carbonyl (C=O) groups excluding carboxylic acids is 2. The highest BCUT2D eigenvalue weighted by Crippen LogP contribution is 2.07. The molecule has 1 heterocycles. The summed E-state index contributed by atoms with van der Waals surface area (Å²) in [4.78, 5) is 27.2. The standard InChI is InChI=1S/C10H13N3O2/c1-11-10(15)6-13(2)9-4-3-8(7-14)5-12-9/h3-5,7H,6H2,1-2H3,(H,11,15). The van der Waals surface area contributed by atoms with Gasteiger partial charge in [-0.2, -0.15) is 0 Å². The summed E-state index contributed by atoms with van der Waals surface area (Å²) in [5.41, 5.74) is 0.520. The number of aromatic nitrogens is 1. The number of likely N-dealkylation sites (N-methyl/N-ethyl adjacent to an activating group) is 2. The van der Waals surface area contributed by atoms with Crippen LogP contribution in [0.5, 0.6) is 0 Å². The zero-order valence-electron chi connectivity index (χ0n) is 8.73. The molecule has 1 amide bonds. The lowest BCUT2D eigenvalue weighted by Gasteiger charge is -2.16. The van der Waals surface area contributed by atoms with E-state index in [1.807, 2.05) is 0 Å². The molecule has 0 unspecified atom stereocenters. The molecule has 0 saturated heterocycles. The summed E-state index contributed by atoms with van der Waals surface area (Å²) in [6.45, 7) is 0.240. The van der Waals surface area contributed by atoms with Gasteiger partial charge in [0.2, 0.25) is 5.91 Å². The molecule has 1 rings (SSSR count). The maximum absolute atomic E-state index is 11.1. The average molecular weight is 207 g/mol. The van der Waals surface area contributed by atoms with Gasteiger partial charge < -0.3 is 10.2 Å². The molecule has 0 aromatic carbocycles. The van der Waals surface area contributed by atoms with E-state index in [9.17, 15) is 9.59 Å². The van der Waals surface area contributed by atoms with E-state index in [4.69, 9.17) is 0 Å². The number of anilines is 1. The Labute approximate surface area is 88.1 Å². The van der Waals surface area contributed by atoms with Crippen molar-refractivity contribution in [3.63, 3.8) is 0 Å². The van der Waals surface area contributed by atoms with Gasteiger partial charge in [0.1, 0.15) is 5.82 Å². The van der Waals surface area contributed by atoms with Gasteiger partial charge in [0.15, 0.2) is 6.29 Å². The van der Waals surface area contributed by atoms with Crippen LogP contribution in [0.2, 0.25) is 0 Å². The highest BCUT2D eigenvalue weighted by atomic mass is 16.1. The number of nitrogens with zero attached hydrogens (tertiary/aromatic N) is 2. The van der Waals surface area contributed by atoms with Gasteiger partial charge in [-0.25, -0.2) is 4.98 Å². The Morgan fingerprint density at radius 2 is 2.33 bits per heavy atom. The zero-order chi connectivity index (χ0) is 11.3. The first kappa shape index (κ1) is 11.2. The van der Waals surface area contributed by atoms with Crippen LogP contribution in [0, 0.1) is 0 Å². The van der Waals surface area contributed by atoms with E-state index in [-0.39, 0.29) is 12.5 Å². The molecule has 0 atom stereocenters. The van der Waals surface area contributed by atoms with Gasteiger partial charge in [0.05, 0.1) is 6.54 Å². The third kappa shape index (κ3) is 3.05. The summed E-state index contributed by atoms with van der Waals surface area (Å²) in [7, 11) is 3.34.